The van der Waals surface area contributed by atoms with E-state index in [2.05, 4.69) is 72.9 Å². The fourth-order valence-electron chi connectivity index (χ4n) is 4.55. The summed E-state index contributed by atoms with van der Waals surface area (Å²) >= 11 is 0. The fraction of sp³-hybridized carbons (Fsp3) is 0.310. The van der Waals surface area contributed by atoms with Crippen molar-refractivity contribution in [2.45, 2.75) is 60.0 Å². The van der Waals surface area contributed by atoms with E-state index in [0.29, 0.717) is 11.1 Å². The van der Waals surface area contributed by atoms with Gasteiger partial charge in [0.05, 0.1) is 0 Å². The summed E-state index contributed by atoms with van der Waals surface area (Å²) in [5.74, 6) is -0.178. The minimum Gasteiger partial charge on any atom is -0.348 e. The number of aryl methyl sites for hydroxylation is 3. The maximum Gasteiger partial charge on any atom is 0.253 e. The van der Waals surface area contributed by atoms with Crippen molar-refractivity contribution in [3.05, 3.63) is 93.0 Å². The molecule has 0 saturated carbocycles. The van der Waals surface area contributed by atoms with E-state index < -0.39 is 0 Å². The number of pyridine rings is 1. The summed E-state index contributed by atoms with van der Waals surface area (Å²) in [4.78, 5) is 29.0. The molecular formula is C29H33N3O2. The van der Waals surface area contributed by atoms with Crippen molar-refractivity contribution in [2.24, 2.45) is 0 Å². The van der Waals surface area contributed by atoms with Crippen LogP contribution in [0.15, 0.2) is 59.5 Å². The Morgan fingerprint density at radius 1 is 1.03 bits per heavy atom. The average molecular weight is 456 g/mol. The maximum absolute atomic E-state index is 13.5. The lowest BCUT2D eigenvalue weighted by molar-refractivity contribution is 0.0952. The maximum atomic E-state index is 13.5. The van der Waals surface area contributed by atoms with Crippen LogP contribution in [-0.2, 0) is 13.0 Å². The van der Waals surface area contributed by atoms with Gasteiger partial charge in [-0.05, 0) is 75.1 Å². The Bertz CT molecular complexity index is 1390. The van der Waals surface area contributed by atoms with Crippen LogP contribution < -0.4 is 10.9 Å². The Hall–Kier alpha value is -3.60. The van der Waals surface area contributed by atoms with Crippen LogP contribution in [0, 0.1) is 13.8 Å². The van der Waals surface area contributed by atoms with E-state index in [1.807, 2.05) is 31.3 Å². The highest BCUT2D eigenvalue weighted by Crippen LogP contribution is 2.30. The number of hydrogen-bond acceptors (Lipinski definition) is 2. The van der Waals surface area contributed by atoms with E-state index >= 15 is 0 Å². The minimum atomic E-state index is -0.178. The van der Waals surface area contributed by atoms with Crippen LogP contribution in [0.4, 0.5) is 0 Å². The molecule has 1 amide bonds. The third-order valence-corrected chi connectivity index (χ3v) is 6.33. The van der Waals surface area contributed by atoms with Gasteiger partial charge in [0.25, 0.3) is 11.5 Å². The number of fused-ring (bicyclic) bond motifs is 1. The molecule has 0 spiro atoms. The SMILES string of the molecule is CCCc1cc(C)[nH]c(=O)c1CNC(=O)c1cc(-c2ccc(C)cc2)cc2c1ccn2C(C)C. The van der Waals surface area contributed by atoms with Gasteiger partial charge in [-0.25, -0.2) is 0 Å². The second-order valence-electron chi connectivity index (χ2n) is 9.36. The second kappa shape index (κ2) is 9.72. The van der Waals surface area contributed by atoms with Crippen LogP contribution in [0.5, 0.6) is 0 Å². The van der Waals surface area contributed by atoms with E-state index in [4.69, 9.17) is 0 Å². The summed E-state index contributed by atoms with van der Waals surface area (Å²) in [6.07, 6.45) is 3.78. The number of nitrogens with zero attached hydrogens (tertiary/aromatic N) is 1. The fourth-order valence-corrected chi connectivity index (χ4v) is 4.55. The predicted molar refractivity (Wildman–Crippen MR) is 139 cm³/mol. The first-order chi connectivity index (χ1) is 16.3. The number of nitrogens with one attached hydrogen (secondary N) is 2. The molecule has 0 saturated heterocycles. The number of benzene rings is 2. The van der Waals surface area contributed by atoms with E-state index in [1.54, 1.807) is 0 Å². The summed E-state index contributed by atoms with van der Waals surface area (Å²) in [6.45, 7) is 10.5. The largest absolute Gasteiger partial charge is 0.348 e. The van der Waals surface area contributed by atoms with Gasteiger partial charge in [-0.3, -0.25) is 9.59 Å². The molecule has 0 aliphatic heterocycles. The van der Waals surface area contributed by atoms with Gasteiger partial charge in [0, 0.05) is 46.5 Å². The lowest BCUT2D eigenvalue weighted by atomic mass is 9.98. The molecule has 2 heterocycles. The molecule has 2 aromatic heterocycles. The normalized spacial score (nSPS) is 11.4. The van der Waals surface area contributed by atoms with Gasteiger partial charge in [0.2, 0.25) is 0 Å². The van der Waals surface area contributed by atoms with Crippen molar-refractivity contribution < 1.29 is 4.79 Å². The summed E-state index contributed by atoms with van der Waals surface area (Å²) < 4.78 is 2.19. The molecule has 0 fully saturated rings. The molecule has 4 rings (SSSR count). The molecule has 0 bridgehead atoms. The van der Waals surface area contributed by atoms with Crippen LogP contribution in [-0.4, -0.2) is 15.5 Å². The van der Waals surface area contributed by atoms with Gasteiger partial charge in [0.15, 0.2) is 0 Å². The first-order valence-electron chi connectivity index (χ1n) is 12.0. The van der Waals surface area contributed by atoms with E-state index in [1.165, 1.54) is 5.56 Å². The molecule has 0 aliphatic rings. The minimum absolute atomic E-state index is 0.131. The second-order valence-corrected chi connectivity index (χ2v) is 9.36. The number of hydrogen-bond donors (Lipinski definition) is 2. The smallest absolute Gasteiger partial charge is 0.253 e. The molecule has 176 valence electrons. The number of rotatable bonds is 7. The van der Waals surface area contributed by atoms with E-state index in [-0.39, 0.29) is 24.1 Å². The number of carbonyl (C=O) groups is 1. The molecule has 5 nitrogen and oxygen atoms in total. The number of aromatic amines is 1. The van der Waals surface area contributed by atoms with Gasteiger partial charge >= 0.3 is 0 Å². The summed E-state index contributed by atoms with van der Waals surface area (Å²) in [7, 11) is 0. The zero-order chi connectivity index (χ0) is 24.4. The zero-order valence-corrected chi connectivity index (χ0v) is 20.7. The Labute approximate surface area is 200 Å². The van der Waals surface area contributed by atoms with E-state index in [0.717, 1.165) is 46.1 Å². The monoisotopic (exact) mass is 455 g/mol. The molecule has 0 atom stereocenters. The van der Waals surface area contributed by atoms with Gasteiger partial charge in [-0.15, -0.1) is 0 Å². The molecule has 0 radical (unpaired) electrons. The van der Waals surface area contributed by atoms with Crippen molar-refractivity contribution >= 4 is 16.8 Å². The van der Waals surface area contributed by atoms with Crippen molar-refractivity contribution in [1.82, 2.24) is 14.9 Å². The topological polar surface area (TPSA) is 66.9 Å². The van der Waals surface area contributed by atoms with E-state index in [9.17, 15) is 9.59 Å². The van der Waals surface area contributed by atoms with Gasteiger partial charge in [-0.2, -0.15) is 0 Å². The molecule has 2 N–H and O–H groups in total. The van der Waals surface area contributed by atoms with Crippen molar-refractivity contribution in [2.75, 3.05) is 0 Å². The predicted octanol–water partition coefficient (Wildman–Crippen LogP) is 6.08. The van der Waals surface area contributed by atoms with Crippen molar-refractivity contribution in [1.29, 1.82) is 0 Å². The average Bonchev–Trinajstić information content (AvgIpc) is 3.22. The Morgan fingerprint density at radius 2 is 1.76 bits per heavy atom. The van der Waals surface area contributed by atoms with Gasteiger partial charge < -0.3 is 14.9 Å². The first kappa shape index (κ1) is 23.6. The quantitative estimate of drug-likeness (QED) is 0.355. The van der Waals surface area contributed by atoms with Crippen LogP contribution >= 0.6 is 0 Å². The van der Waals surface area contributed by atoms with Gasteiger partial charge in [-0.1, -0.05) is 43.2 Å². The van der Waals surface area contributed by atoms with Gasteiger partial charge in [0.1, 0.15) is 0 Å². The number of aromatic nitrogens is 2. The Balaban J connectivity index is 1.74. The highest BCUT2D eigenvalue weighted by atomic mass is 16.1. The highest BCUT2D eigenvalue weighted by molar-refractivity contribution is 6.08. The Kier molecular flexibility index (Phi) is 6.73. The standard InChI is InChI=1S/C29H33N3O2/c1-6-7-22-14-20(5)31-29(34)26(22)17-30-28(33)25-15-23(21-10-8-19(4)9-11-21)16-27-24(25)12-13-32(27)18(2)3/h8-16,18H,6-7,17H2,1-5H3,(H,30,33)(H,31,34). The molecule has 4 aromatic rings. The zero-order valence-electron chi connectivity index (χ0n) is 20.7. The molecular weight excluding hydrogens is 422 g/mol. The number of amides is 1. The third-order valence-electron chi connectivity index (χ3n) is 6.33. The lowest BCUT2D eigenvalue weighted by Crippen LogP contribution is -2.28. The first-order valence-corrected chi connectivity index (χ1v) is 12.0. The van der Waals surface area contributed by atoms with Crippen LogP contribution in [0.2, 0.25) is 0 Å². The number of H-pyrrole nitrogens is 1. The van der Waals surface area contributed by atoms with Crippen molar-refractivity contribution in [3.8, 4) is 11.1 Å². The highest BCUT2D eigenvalue weighted by Gasteiger charge is 2.17. The summed E-state index contributed by atoms with van der Waals surface area (Å²) in [6, 6.07) is 16.7. The molecule has 2 aromatic carbocycles. The van der Waals surface area contributed by atoms with Crippen LogP contribution in [0.3, 0.4) is 0 Å². The van der Waals surface area contributed by atoms with Crippen LogP contribution in [0.1, 0.15) is 66.0 Å². The summed E-state index contributed by atoms with van der Waals surface area (Å²) in [5.41, 5.74) is 7.24. The Morgan fingerprint density at radius 3 is 2.44 bits per heavy atom. The molecule has 0 aliphatic carbocycles. The molecule has 5 heteroatoms. The van der Waals surface area contributed by atoms with Crippen LogP contribution in [0.25, 0.3) is 22.0 Å². The lowest BCUT2D eigenvalue weighted by Gasteiger charge is -2.14. The summed E-state index contributed by atoms with van der Waals surface area (Å²) in [5, 5.41) is 3.94. The molecule has 0 unspecified atom stereocenters. The van der Waals surface area contributed by atoms with Crippen molar-refractivity contribution in [3.63, 3.8) is 0 Å². The molecule has 34 heavy (non-hydrogen) atoms. The number of carbonyl (C=O) groups excluding carboxylic acids is 1. The third kappa shape index (κ3) is 4.69.